The fourth-order valence-corrected chi connectivity index (χ4v) is 3.74. The second-order valence-electron chi connectivity index (χ2n) is 6.01. The molecule has 0 radical (unpaired) electrons. The number of rotatable bonds is 2. The summed E-state index contributed by atoms with van der Waals surface area (Å²) in [5, 5.41) is -0.177. The molecule has 0 spiro atoms. The SMILES string of the molecule is O=C(c1ccc(F)cc1)c1cc(Cl)c2c(c1Cl)C(=O)c1ccccc1C2=O. The summed E-state index contributed by atoms with van der Waals surface area (Å²) in [7, 11) is 0. The van der Waals surface area contributed by atoms with Crippen LogP contribution in [0.5, 0.6) is 0 Å². The molecular formula is C21H9Cl2FO3. The highest BCUT2D eigenvalue weighted by atomic mass is 35.5. The van der Waals surface area contributed by atoms with Gasteiger partial charge < -0.3 is 0 Å². The molecule has 27 heavy (non-hydrogen) atoms. The summed E-state index contributed by atoms with van der Waals surface area (Å²) in [4.78, 5) is 38.5. The largest absolute Gasteiger partial charge is 0.289 e. The third-order valence-electron chi connectivity index (χ3n) is 4.44. The number of ketones is 3. The fraction of sp³-hybridized carbons (Fsp3) is 0. The first kappa shape index (κ1) is 17.6. The monoisotopic (exact) mass is 398 g/mol. The Morgan fingerprint density at radius 1 is 0.815 bits per heavy atom. The lowest BCUT2D eigenvalue weighted by atomic mass is 9.82. The molecule has 0 saturated heterocycles. The minimum absolute atomic E-state index is 0.0129. The molecule has 4 rings (SSSR count). The van der Waals surface area contributed by atoms with E-state index in [-0.39, 0.29) is 43.4 Å². The zero-order chi connectivity index (χ0) is 19.3. The lowest BCUT2D eigenvalue weighted by Gasteiger charge is -2.21. The van der Waals surface area contributed by atoms with E-state index in [4.69, 9.17) is 23.2 Å². The molecule has 0 fully saturated rings. The molecule has 0 amide bonds. The minimum Gasteiger partial charge on any atom is -0.289 e. The topological polar surface area (TPSA) is 51.2 Å². The average Bonchev–Trinajstić information content (AvgIpc) is 2.67. The van der Waals surface area contributed by atoms with Crippen LogP contribution in [0.3, 0.4) is 0 Å². The van der Waals surface area contributed by atoms with Crippen LogP contribution in [0.15, 0.2) is 54.6 Å². The molecule has 6 heteroatoms. The van der Waals surface area contributed by atoms with Gasteiger partial charge in [0.1, 0.15) is 5.82 Å². The van der Waals surface area contributed by atoms with Crippen molar-refractivity contribution < 1.29 is 18.8 Å². The van der Waals surface area contributed by atoms with Gasteiger partial charge in [-0.25, -0.2) is 4.39 Å². The number of fused-ring (bicyclic) bond motifs is 2. The minimum atomic E-state index is -0.524. The van der Waals surface area contributed by atoms with Gasteiger partial charge in [0.05, 0.1) is 21.2 Å². The molecule has 0 bridgehead atoms. The number of carbonyl (C=O) groups excluding carboxylic acids is 3. The van der Waals surface area contributed by atoms with Crippen LogP contribution in [0, 0.1) is 5.82 Å². The van der Waals surface area contributed by atoms with Gasteiger partial charge in [-0.3, -0.25) is 14.4 Å². The van der Waals surface area contributed by atoms with Crippen LogP contribution in [0.4, 0.5) is 4.39 Å². The van der Waals surface area contributed by atoms with E-state index in [0.717, 1.165) is 12.1 Å². The maximum atomic E-state index is 13.1. The lowest BCUT2D eigenvalue weighted by Crippen LogP contribution is -2.23. The highest BCUT2D eigenvalue weighted by Gasteiger charge is 2.35. The van der Waals surface area contributed by atoms with E-state index < -0.39 is 23.2 Å². The highest BCUT2D eigenvalue weighted by molar-refractivity contribution is 6.45. The molecule has 0 heterocycles. The van der Waals surface area contributed by atoms with E-state index in [1.807, 2.05) is 0 Å². The first-order valence-corrected chi connectivity index (χ1v) is 8.66. The van der Waals surface area contributed by atoms with Crippen molar-refractivity contribution in [3.63, 3.8) is 0 Å². The van der Waals surface area contributed by atoms with Crippen molar-refractivity contribution in [3.05, 3.63) is 104 Å². The van der Waals surface area contributed by atoms with Crippen LogP contribution in [0.2, 0.25) is 10.0 Å². The summed E-state index contributed by atoms with van der Waals surface area (Å²) >= 11 is 12.6. The molecule has 3 aromatic carbocycles. The van der Waals surface area contributed by atoms with Crippen molar-refractivity contribution in [1.82, 2.24) is 0 Å². The number of halogens is 3. The van der Waals surface area contributed by atoms with Gasteiger partial charge in [-0.15, -0.1) is 0 Å². The third-order valence-corrected chi connectivity index (χ3v) is 5.13. The standard InChI is InChI=1S/C21H9Cl2FO3/c22-15-9-14(19(25)10-5-7-11(24)8-6-10)18(23)17-16(15)20(26)12-3-1-2-4-13(12)21(17)27/h1-9H. The van der Waals surface area contributed by atoms with E-state index in [2.05, 4.69) is 0 Å². The van der Waals surface area contributed by atoms with Crippen molar-refractivity contribution in [2.24, 2.45) is 0 Å². The van der Waals surface area contributed by atoms with Gasteiger partial charge in [-0.05, 0) is 30.3 Å². The van der Waals surface area contributed by atoms with Crippen molar-refractivity contribution in [1.29, 1.82) is 0 Å². The van der Waals surface area contributed by atoms with E-state index in [1.165, 1.54) is 24.3 Å². The van der Waals surface area contributed by atoms with Crippen molar-refractivity contribution in [2.45, 2.75) is 0 Å². The quantitative estimate of drug-likeness (QED) is 0.439. The number of carbonyl (C=O) groups is 3. The molecule has 3 aromatic rings. The van der Waals surface area contributed by atoms with Gasteiger partial charge in [0.15, 0.2) is 17.3 Å². The first-order chi connectivity index (χ1) is 12.9. The Balaban J connectivity index is 1.93. The van der Waals surface area contributed by atoms with Gasteiger partial charge >= 0.3 is 0 Å². The summed E-state index contributed by atoms with van der Waals surface area (Å²) in [5.41, 5.74) is 0.515. The molecule has 0 N–H and O–H groups in total. The molecule has 0 saturated carbocycles. The third kappa shape index (κ3) is 2.69. The second-order valence-corrected chi connectivity index (χ2v) is 6.79. The van der Waals surface area contributed by atoms with Gasteiger partial charge in [-0.2, -0.15) is 0 Å². The van der Waals surface area contributed by atoms with Crippen LogP contribution >= 0.6 is 23.2 Å². The Morgan fingerprint density at radius 2 is 1.37 bits per heavy atom. The molecular weight excluding hydrogens is 390 g/mol. The zero-order valence-corrected chi connectivity index (χ0v) is 15.1. The summed E-state index contributed by atoms with van der Waals surface area (Å²) in [6.45, 7) is 0. The van der Waals surface area contributed by atoms with Crippen molar-refractivity contribution >= 4 is 40.6 Å². The lowest BCUT2D eigenvalue weighted by molar-refractivity contribution is 0.0978. The predicted molar refractivity (Wildman–Crippen MR) is 99.6 cm³/mol. The Kier molecular flexibility index (Phi) is 4.17. The summed E-state index contributed by atoms with van der Waals surface area (Å²) in [6.07, 6.45) is 0. The molecule has 0 atom stereocenters. The molecule has 0 aliphatic heterocycles. The van der Waals surface area contributed by atoms with E-state index in [9.17, 15) is 18.8 Å². The Labute approximate surface area is 163 Å². The first-order valence-electron chi connectivity index (χ1n) is 7.91. The van der Waals surface area contributed by atoms with Gasteiger partial charge in [0.25, 0.3) is 0 Å². The van der Waals surface area contributed by atoms with Crippen LogP contribution < -0.4 is 0 Å². The van der Waals surface area contributed by atoms with E-state index >= 15 is 0 Å². The summed E-state index contributed by atoms with van der Waals surface area (Å²) in [5.74, 6) is -1.91. The maximum absolute atomic E-state index is 13.1. The van der Waals surface area contributed by atoms with Crippen LogP contribution in [0.25, 0.3) is 0 Å². The van der Waals surface area contributed by atoms with Gasteiger partial charge in [0.2, 0.25) is 0 Å². The highest BCUT2D eigenvalue weighted by Crippen LogP contribution is 2.38. The van der Waals surface area contributed by atoms with E-state index in [1.54, 1.807) is 18.2 Å². The van der Waals surface area contributed by atoms with Crippen LogP contribution in [-0.4, -0.2) is 17.3 Å². The molecule has 132 valence electrons. The number of hydrogen-bond donors (Lipinski definition) is 0. The Hall–Kier alpha value is -2.82. The number of benzene rings is 3. The van der Waals surface area contributed by atoms with Gasteiger partial charge in [-0.1, -0.05) is 47.5 Å². The normalized spacial score (nSPS) is 12.6. The second kappa shape index (κ2) is 6.41. The van der Waals surface area contributed by atoms with Crippen LogP contribution in [0.1, 0.15) is 47.8 Å². The van der Waals surface area contributed by atoms with E-state index in [0.29, 0.717) is 0 Å². The molecule has 0 aromatic heterocycles. The fourth-order valence-electron chi connectivity index (χ4n) is 3.13. The summed E-state index contributed by atoms with van der Waals surface area (Å²) in [6, 6.07) is 12.5. The smallest absolute Gasteiger partial charge is 0.196 e. The maximum Gasteiger partial charge on any atom is 0.196 e. The Morgan fingerprint density at radius 3 is 1.96 bits per heavy atom. The molecule has 1 aliphatic carbocycles. The van der Waals surface area contributed by atoms with Crippen molar-refractivity contribution in [2.75, 3.05) is 0 Å². The zero-order valence-electron chi connectivity index (χ0n) is 13.6. The van der Waals surface area contributed by atoms with Gasteiger partial charge in [0, 0.05) is 22.3 Å². The average molecular weight is 399 g/mol. The summed E-state index contributed by atoms with van der Waals surface area (Å²) < 4.78 is 13.1. The predicted octanol–water partition coefficient (Wildman–Crippen LogP) is 5.14. The molecule has 3 nitrogen and oxygen atoms in total. The molecule has 1 aliphatic rings. The number of hydrogen-bond acceptors (Lipinski definition) is 3. The van der Waals surface area contributed by atoms with Crippen molar-refractivity contribution in [3.8, 4) is 0 Å². The Bertz CT molecular complexity index is 1150. The molecule has 0 unspecified atom stereocenters. The van der Waals surface area contributed by atoms with Crippen LogP contribution in [-0.2, 0) is 0 Å².